The van der Waals surface area contributed by atoms with Crippen molar-refractivity contribution in [1.82, 2.24) is 4.90 Å². The zero-order valence-corrected chi connectivity index (χ0v) is 28.4. The highest BCUT2D eigenvalue weighted by molar-refractivity contribution is 5.98. The summed E-state index contributed by atoms with van der Waals surface area (Å²) in [5.74, 6) is -2.89. The van der Waals surface area contributed by atoms with Crippen molar-refractivity contribution >= 4 is 17.8 Å². The fourth-order valence-corrected chi connectivity index (χ4v) is 5.53. The summed E-state index contributed by atoms with van der Waals surface area (Å²) < 4.78 is 25.0. The van der Waals surface area contributed by atoms with Crippen LogP contribution in [0.5, 0.6) is 11.5 Å². The molecular weight excluding hydrogens is 601 g/mol. The van der Waals surface area contributed by atoms with Crippen LogP contribution in [0.25, 0.3) is 0 Å². The second-order valence-corrected chi connectivity index (χ2v) is 12.4. The van der Waals surface area contributed by atoms with E-state index in [2.05, 4.69) is 6.92 Å². The molecule has 2 rings (SSSR count). The van der Waals surface area contributed by atoms with E-state index in [9.17, 15) is 29.0 Å². The molecule has 0 aliphatic heterocycles. The van der Waals surface area contributed by atoms with Crippen molar-refractivity contribution in [3.8, 4) is 11.5 Å². The Morgan fingerprint density at radius 2 is 1.04 bits per heavy atom. The third-order valence-corrected chi connectivity index (χ3v) is 8.12. The van der Waals surface area contributed by atoms with Gasteiger partial charge >= 0.3 is 11.9 Å². The number of amides is 1. The van der Waals surface area contributed by atoms with Crippen LogP contribution in [0, 0.1) is 5.82 Å². The van der Waals surface area contributed by atoms with Gasteiger partial charge in [0, 0.05) is 11.6 Å². The lowest BCUT2D eigenvalue weighted by Gasteiger charge is -2.19. The summed E-state index contributed by atoms with van der Waals surface area (Å²) in [5.41, 5.74) is 1.06. The van der Waals surface area contributed by atoms with Crippen molar-refractivity contribution in [3.63, 3.8) is 0 Å². The Morgan fingerprint density at radius 3 is 1.49 bits per heavy atom. The third kappa shape index (κ3) is 19.0. The molecule has 1 amide bonds. The topological polar surface area (TPSA) is 113 Å². The highest BCUT2D eigenvalue weighted by atomic mass is 19.1. The van der Waals surface area contributed by atoms with Gasteiger partial charge in [0.15, 0.2) is 0 Å². The largest absolute Gasteiger partial charge is 0.493 e. The van der Waals surface area contributed by atoms with Crippen molar-refractivity contribution in [3.05, 3.63) is 59.4 Å². The minimum Gasteiger partial charge on any atom is -0.493 e. The first-order valence-electron chi connectivity index (χ1n) is 17.7. The lowest BCUT2D eigenvalue weighted by molar-refractivity contribution is -0.140. The van der Waals surface area contributed by atoms with Gasteiger partial charge < -0.3 is 24.6 Å². The molecule has 0 aromatic heterocycles. The lowest BCUT2D eigenvalue weighted by atomic mass is 10.0. The second-order valence-electron chi connectivity index (χ2n) is 12.4. The number of aryl methyl sites for hydroxylation is 1. The van der Waals surface area contributed by atoms with Gasteiger partial charge in [-0.3, -0.25) is 14.4 Å². The summed E-state index contributed by atoms with van der Waals surface area (Å²) in [6.07, 6.45) is 21.7. The lowest BCUT2D eigenvalue weighted by Crippen LogP contribution is -2.39. The van der Waals surface area contributed by atoms with Crippen molar-refractivity contribution in [2.24, 2.45) is 0 Å². The average molecular weight is 658 g/mol. The molecule has 0 bridgehead atoms. The predicted molar refractivity (Wildman–Crippen MR) is 183 cm³/mol. The maximum Gasteiger partial charge on any atom is 0.323 e. The fraction of sp³-hybridized carbons (Fsp3) is 0.605. The molecule has 47 heavy (non-hydrogen) atoms. The molecule has 0 fully saturated rings. The SMILES string of the molecule is CCCCCCCCCCCCCCCCCCOc1cc(OCCCc2ccc(F)cc2)cc(C(=O)N(CC(=O)O)CC(=O)O)c1. The number of carboxylic acid groups (broad SMARTS) is 2. The first-order valence-corrected chi connectivity index (χ1v) is 17.7. The van der Waals surface area contributed by atoms with E-state index < -0.39 is 30.9 Å². The number of hydrogen-bond acceptors (Lipinski definition) is 5. The number of carbonyl (C=O) groups excluding carboxylic acids is 1. The van der Waals surface area contributed by atoms with E-state index in [-0.39, 0.29) is 11.4 Å². The number of carboxylic acids is 2. The van der Waals surface area contributed by atoms with Gasteiger partial charge in [0.05, 0.1) is 13.2 Å². The van der Waals surface area contributed by atoms with Gasteiger partial charge in [0.2, 0.25) is 0 Å². The number of ether oxygens (including phenoxy) is 2. The van der Waals surface area contributed by atoms with Crippen molar-refractivity contribution in [2.75, 3.05) is 26.3 Å². The molecule has 0 saturated heterocycles. The number of unbranched alkanes of at least 4 members (excludes halogenated alkanes) is 15. The third-order valence-electron chi connectivity index (χ3n) is 8.12. The Kier molecular flexibility index (Phi) is 20.7. The van der Waals surface area contributed by atoms with Gasteiger partial charge in [-0.2, -0.15) is 0 Å². The Hall–Kier alpha value is -3.62. The zero-order chi connectivity index (χ0) is 34.1. The molecule has 9 heteroatoms. The minimum atomic E-state index is -1.31. The normalized spacial score (nSPS) is 10.9. The summed E-state index contributed by atoms with van der Waals surface area (Å²) in [5, 5.41) is 18.4. The van der Waals surface area contributed by atoms with Crippen LogP contribution in [0.1, 0.15) is 132 Å². The molecule has 2 aromatic rings. The number of hydrogen-bond donors (Lipinski definition) is 2. The number of carbonyl (C=O) groups is 3. The second kappa shape index (κ2) is 24.5. The molecule has 0 aliphatic carbocycles. The number of nitrogens with zero attached hydrogens (tertiary/aromatic N) is 1. The molecule has 0 radical (unpaired) electrons. The molecule has 0 unspecified atom stereocenters. The standard InChI is InChI=1S/C38H56FNO7/c1-2-3-4-5-6-7-8-9-10-11-12-13-14-15-16-17-24-46-34-26-32(38(45)40(29-36(41)42)30-37(43)44)27-35(28-34)47-25-18-19-31-20-22-33(39)23-21-31/h20-23,26-28H,2-19,24-25,29-30H2,1H3,(H,41,42)(H,43,44). The average Bonchev–Trinajstić information content (AvgIpc) is 3.04. The van der Waals surface area contributed by atoms with E-state index in [1.807, 2.05) is 0 Å². The molecule has 2 aromatic carbocycles. The van der Waals surface area contributed by atoms with Gasteiger partial charge in [0.25, 0.3) is 5.91 Å². The fourth-order valence-electron chi connectivity index (χ4n) is 5.53. The molecular formula is C38H56FNO7. The Balaban J connectivity index is 1.78. The van der Waals surface area contributed by atoms with E-state index in [4.69, 9.17) is 9.47 Å². The molecule has 2 N–H and O–H groups in total. The molecule has 8 nitrogen and oxygen atoms in total. The highest BCUT2D eigenvalue weighted by Gasteiger charge is 2.22. The molecule has 0 spiro atoms. The van der Waals surface area contributed by atoms with Crippen molar-refractivity contribution < 1.29 is 38.5 Å². The number of rotatable bonds is 28. The smallest absolute Gasteiger partial charge is 0.323 e. The minimum absolute atomic E-state index is 0.0884. The summed E-state index contributed by atoms with van der Waals surface area (Å²) in [4.78, 5) is 36.5. The van der Waals surface area contributed by atoms with Gasteiger partial charge in [0.1, 0.15) is 30.4 Å². The summed E-state index contributed by atoms with van der Waals surface area (Å²) in [6.45, 7) is 1.54. The van der Waals surface area contributed by atoms with Crippen LogP contribution in [0.3, 0.4) is 0 Å². The van der Waals surface area contributed by atoms with Crippen molar-refractivity contribution in [2.45, 2.75) is 122 Å². The molecule has 0 aliphatic rings. The predicted octanol–water partition coefficient (Wildman–Crippen LogP) is 9.09. The monoisotopic (exact) mass is 657 g/mol. The van der Waals surface area contributed by atoms with E-state index >= 15 is 0 Å². The highest BCUT2D eigenvalue weighted by Crippen LogP contribution is 2.25. The van der Waals surface area contributed by atoms with Gasteiger partial charge in [-0.25, -0.2) is 4.39 Å². The first-order chi connectivity index (χ1) is 22.8. The zero-order valence-electron chi connectivity index (χ0n) is 28.4. The van der Waals surface area contributed by atoms with Crippen LogP contribution in [-0.4, -0.2) is 59.3 Å². The maximum atomic E-state index is 13.2. The number of halogens is 1. The van der Waals surface area contributed by atoms with E-state index in [0.717, 1.165) is 29.7 Å². The molecule has 0 heterocycles. The van der Waals surface area contributed by atoms with Gasteiger partial charge in [-0.05, 0) is 49.1 Å². The maximum absolute atomic E-state index is 13.2. The summed E-state index contributed by atoms with van der Waals surface area (Å²) >= 11 is 0. The number of benzene rings is 2. The van der Waals surface area contributed by atoms with Crippen LogP contribution in [0.15, 0.2) is 42.5 Å². The van der Waals surface area contributed by atoms with Gasteiger partial charge in [-0.15, -0.1) is 0 Å². The summed E-state index contributed by atoms with van der Waals surface area (Å²) in [7, 11) is 0. The quantitative estimate of drug-likeness (QED) is 0.0878. The van der Waals surface area contributed by atoms with Crippen molar-refractivity contribution in [1.29, 1.82) is 0 Å². The van der Waals surface area contributed by atoms with E-state index in [0.29, 0.717) is 37.6 Å². The van der Waals surface area contributed by atoms with Crippen LogP contribution in [0.4, 0.5) is 4.39 Å². The Morgan fingerprint density at radius 1 is 0.617 bits per heavy atom. The van der Waals surface area contributed by atoms with Crippen LogP contribution >= 0.6 is 0 Å². The molecule has 0 saturated carbocycles. The number of aliphatic carboxylic acids is 2. The van der Waals surface area contributed by atoms with E-state index in [1.165, 1.54) is 108 Å². The Labute approximate surface area is 280 Å². The van der Waals surface area contributed by atoms with Crippen LogP contribution < -0.4 is 9.47 Å². The first kappa shape index (κ1) is 39.6. The molecule has 262 valence electrons. The Bertz CT molecular complexity index is 1160. The van der Waals surface area contributed by atoms with Crippen LogP contribution in [0.2, 0.25) is 0 Å². The van der Waals surface area contributed by atoms with Crippen LogP contribution in [-0.2, 0) is 16.0 Å². The molecule has 0 atom stereocenters. The van der Waals surface area contributed by atoms with Gasteiger partial charge in [-0.1, -0.05) is 115 Å². The van der Waals surface area contributed by atoms with E-state index in [1.54, 1.807) is 18.2 Å². The summed E-state index contributed by atoms with van der Waals surface area (Å²) in [6, 6.07) is 10.9.